The summed E-state index contributed by atoms with van der Waals surface area (Å²) in [5.41, 5.74) is 0.995. The van der Waals surface area contributed by atoms with Crippen LogP contribution in [0, 0.1) is 5.92 Å². The fraction of sp³-hybridized carbons (Fsp3) is 0.429. The molecule has 2 aromatic heterocycles. The van der Waals surface area contributed by atoms with Gasteiger partial charge in [0.25, 0.3) is 15.9 Å². The predicted octanol–water partition coefficient (Wildman–Crippen LogP) is 4.09. The van der Waals surface area contributed by atoms with E-state index in [0.717, 1.165) is 14.7 Å². The van der Waals surface area contributed by atoms with Gasteiger partial charge in [-0.1, -0.05) is 33.3 Å². The van der Waals surface area contributed by atoms with Gasteiger partial charge >= 0.3 is 0 Å². The first-order valence-electron chi connectivity index (χ1n) is 10.4. The van der Waals surface area contributed by atoms with E-state index in [0.29, 0.717) is 48.2 Å². The number of nitrogens with zero attached hydrogens (tertiary/aromatic N) is 3. The highest BCUT2D eigenvalue weighted by Crippen LogP contribution is 2.27. The standard InChI is InChI=1S/C21H24BrN3O4S3/c1-2-29-11-10-25-17-8-7-16(22)13-18(17)31-21(25)23-20(26)15-5-3-9-24(14-15)32(27,28)19-6-4-12-30-19/h4,6-8,12-13,15H,2-3,5,9-11,14H2,1H3. The molecule has 1 atom stereocenters. The molecule has 11 heteroatoms. The van der Waals surface area contributed by atoms with E-state index in [1.807, 2.05) is 29.7 Å². The van der Waals surface area contributed by atoms with Crippen molar-refractivity contribution in [1.82, 2.24) is 8.87 Å². The molecule has 1 aliphatic heterocycles. The van der Waals surface area contributed by atoms with Gasteiger partial charge in [-0.25, -0.2) is 8.42 Å². The Labute approximate surface area is 203 Å². The van der Waals surface area contributed by atoms with Gasteiger partial charge in [0.05, 0.1) is 22.7 Å². The van der Waals surface area contributed by atoms with Crippen molar-refractivity contribution in [3.05, 3.63) is 45.0 Å². The molecule has 4 rings (SSSR count). The van der Waals surface area contributed by atoms with Gasteiger partial charge in [0, 0.05) is 30.7 Å². The van der Waals surface area contributed by atoms with Gasteiger partial charge < -0.3 is 9.30 Å². The van der Waals surface area contributed by atoms with Gasteiger partial charge in [0.1, 0.15) is 4.21 Å². The number of sulfonamides is 1. The third kappa shape index (κ3) is 5.07. The Balaban J connectivity index is 1.62. The molecule has 7 nitrogen and oxygen atoms in total. The van der Waals surface area contributed by atoms with E-state index in [9.17, 15) is 13.2 Å². The molecule has 1 saturated heterocycles. The summed E-state index contributed by atoms with van der Waals surface area (Å²) in [6.07, 6.45) is 1.27. The minimum Gasteiger partial charge on any atom is -0.380 e. The minimum absolute atomic E-state index is 0.165. The second kappa shape index (κ2) is 10.3. The summed E-state index contributed by atoms with van der Waals surface area (Å²) in [6.45, 7) is 4.27. The van der Waals surface area contributed by atoms with Crippen molar-refractivity contribution in [3.8, 4) is 0 Å². The lowest BCUT2D eigenvalue weighted by molar-refractivity contribution is -0.122. The first kappa shape index (κ1) is 23.8. The Bertz CT molecular complexity index is 1270. The summed E-state index contributed by atoms with van der Waals surface area (Å²) in [7, 11) is -3.57. The average molecular weight is 559 g/mol. The molecule has 1 fully saturated rings. The topological polar surface area (TPSA) is 81.0 Å². The number of thiazole rings is 1. The third-order valence-corrected chi connectivity index (χ3v) is 10.1. The number of benzene rings is 1. The number of aromatic nitrogens is 1. The van der Waals surface area contributed by atoms with Crippen LogP contribution in [0.1, 0.15) is 19.8 Å². The molecular formula is C21H24BrN3O4S3. The first-order valence-corrected chi connectivity index (χ1v) is 14.3. The highest BCUT2D eigenvalue weighted by molar-refractivity contribution is 9.10. The summed E-state index contributed by atoms with van der Waals surface area (Å²) in [4.78, 5) is 18.2. The zero-order valence-electron chi connectivity index (χ0n) is 17.6. The van der Waals surface area contributed by atoms with Crippen molar-refractivity contribution < 1.29 is 17.9 Å². The quantitative estimate of drug-likeness (QED) is 0.409. The van der Waals surface area contributed by atoms with Crippen LogP contribution in [0.2, 0.25) is 0 Å². The van der Waals surface area contributed by atoms with Crippen molar-refractivity contribution in [2.45, 2.75) is 30.5 Å². The maximum atomic E-state index is 13.1. The lowest BCUT2D eigenvalue weighted by Gasteiger charge is -2.29. The molecule has 1 aliphatic rings. The normalized spacial score (nSPS) is 18.4. The van der Waals surface area contributed by atoms with Crippen molar-refractivity contribution in [1.29, 1.82) is 0 Å². The molecule has 3 heterocycles. The smallest absolute Gasteiger partial charge is 0.252 e. The highest BCUT2D eigenvalue weighted by Gasteiger charge is 2.33. The molecule has 0 N–H and O–H groups in total. The van der Waals surface area contributed by atoms with Gasteiger partial charge in [0.2, 0.25) is 0 Å². The first-order chi connectivity index (χ1) is 15.4. The van der Waals surface area contributed by atoms with Crippen LogP contribution < -0.4 is 4.80 Å². The molecule has 0 aliphatic carbocycles. The van der Waals surface area contributed by atoms with Crippen molar-refractivity contribution >= 4 is 64.8 Å². The van der Waals surface area contributed by atoms with Crippen molar-refractivity contribution in [2.24, 2.45) is 10.9 Å². The number of carbonyl (C=O) groups excluding carboxylic acids is 1. The van der Waals surface area contributed by atoms with Gasteiger partial charge in [0.15, 0.2) is 4.80 Å². The third-order valence-electron chi connectivity index (χ3n) is 5.34. The van der Waals surface area contributed by atoms with Crippen LogP contribution in [0.25, 0.3) is 10.2 Å². The van der Waals surface area contributed by atoms with Crippen LogP contribution in [0.15, 0.2) is 49.4 Å². The summed E-state index contributed by atoms with van der Waals surface area (Å²) in [6, 6.07) is 9.30. The second-order valence-corrected chi connectivity index (χ2v) is 12.5. The summed E-state index contributed by atoms with van der Waals surface area (Å²) in [5, 5.41) is 1.75. The second-order valence-electron chi connectivity index (χ2n) is 7.43. The van der Waals surface area contributed by atoms with E-state index in [4.69, 9.17) is 4.74 Å². The molecule has 0 radical (unpaired) electrons. The number of halogens is 1. The maximum absolute atomic E-state index is 13.1. The van der Waals surface area contributed by atoms with Crippen molar-refractivity contribution in [2.75, 3.05) is 26.3 Å². The monoisotopic (exact) mass is 557 g/mol. The number of piperidine rings is 1. The van der Waals surface area contributed by atoms with E-state index in [1.165, 1.54) is 27.0 Å². The number of ether oxygens (including phenoxy) is 1. The van der Waals surface area contributed by atoms with Gasteiger partial charge in [-0.15, -0.1) is 11.3 Å². The molecule has 32 heavy (non-hydrogen) atoms. The summed E-state index contributed by atoms with van der Waals surface area (Å²) < 4.78 is 37.0. The lowest BCUT2D eigenvalue weighted by atomic mass is 9.99. The minimum atomic E-state index is -3.57. The Kier molecular flexibility index (Phi) is 7.63. The molecule has 0 spiro atoms. The van der Waals surface area contributed by atoms with Crippen LogP contribution in [-0.4, -0.2) is 49.5 Å². The van der Waals surface area contributed by atoms with E-state index in [2.05, 4.69) is 20.9 Å². The Morgan fingerprint density at radius 3 is 2.94 bits per heavy atom. The van der Waals surface area contributed by atoms with E-state index < -0.39 is 15.9 Å². The Hall–Kier alpha value is -1.37. The fourth-order valence-electron chi connectivity index (χ4n) is 3.73. The van der Waals surface area contributed by atoms with Gasteiger partial charge in [-0.3, -0.25) is 4.79 Å². The van der Waals surface area contributed by atoms with Crippen molar-refractivity contribution in [3.63, 3.8) is 0 Å². The average Bonchev–Trinajstić information content (AvgIpc) is 3.43. The van der Waals surface area contributed by atoms with Gasteiger partial charge in [-0.05, 0) is 49.4 Å². The Morgan fingerprint density at radius 2 is 2.19 bits per heavy atom. The van der Waals surface area contributed by atoms with E-state index in [-0.39, 0.29) is 12.5 Å². The molecule has 0 saturated carbocycles. The molecule has 1 amide bonds. The van der Waals surface area contributed by atoms with E-state index >= 15 is 0 Å². The summed E-state index contributed by atoms with van der Waals surface area (Å²) >= 11 is 6.15. The van der Waals surface area contributed by atoms with Crippen LogP contribution in [-0.2, 0) is 26.1 Å². The number of hydrogen-bond donors (Lipinski definition) is 0. The SMILES string of the molecule is CCOCCn1c(=NC(=O)C2CCCN(S(=O)(=O)c3cccs3)C2)sc2cc(Br)ccc21. The van der Waals surface area contributed by atoms with E-state index in [1.54, 1.807) is 17.5 Å². The van der Waals surface area contributed by atoms with Crippen LogP contribution in [0.3, 0.4) is 0 Å². The Morgan fingerprint density at radius 1 is 1.34 bits per heavy atom. The largest absolute Gasteiger partial charge is 0.380 e. The molecule has 3 aromatic rings. The van der Waals surface area contributed by atoms with Crippen LogP contribution in [0.5, 0.6) is 0 Å². The zero-order chi connectivity index (χ0) is 22.7. The molecule has 0 bridgehead atoms. The lowest BCUT2D eigenvalue weighted by Crippen LogP contribution is -2.42. The van der Waals surface area contributed by atoms with Gasteiger partial charge in [-0.2, -0.15) is 9.30 Å². The number of carbonyl (C=O) groups is 1. The number of amides is 1. The predicted molar refractivity (Wildman–Crippen MR) is 130 cm³/mol. The molecule has 172 valence electrons. The molecular weight excluding hydrogens is 534 g/mol. The number of hydrogen-bond acceptors (Lipinski definition) is 6. The fourth-order valence-corrected chi connectivity index (χ4v) is 8.02. The highest BCUT2D eigenvalue weighted by atomic mass is 79.9. The maximum Gasteiger partial charge on any atom is 0.252 e. The number of fused-ring (bicyclic) bond motifs is 1. The van der Waals surface area contributed by atoms with Crippen LogP contribution in [0.4, 0.5) is 0 Å². The van der Waals surface area contributed by atoms with Crippen LogP contribution >= 0.6 is 38.6 Å². The molecule has 1 unspecified atom stereocenters. The zero-order valence-corrected chi connectivity index (χ0v) is 21.6. The number of thiophene rings is 1. The number of rotatable bonds is 7. The summed E-state index contributed by atoms with van der Waals surface area (Å²) in [5.74, 6) is -0.720. The molecule has 1 aromatic carbocycles.